The Morgan fingerprint density at radius 3 is 2.66 bits per heavy atom. The number of rotatable bonds is 6. The van der Waals surface area contributed by atoms with Crippen molar-refractivity contribution in [3.8, 4) is 17.2 Å². The molecule has 1 saturated carbocycles. The third-order valence-corrected chi connectivity index (χ3v) is 7.30. The molecule has 0 unspecified atom stereocenters. The quantitative estimate of drug-likeness (QED) is 0.392. The van der Waals surface area contributed by atoms with Gasteiger partial charge in [-0.3, -0.25) is 4.79 Å². The predicted octanol–water partition coefficient (Wildman–Crippen LogP) is 5.38. The number of phenols is 1. The third-order valence-electron chi connectivity index (χ3n) is 7.01. The van der Waals surface area contributed by atoms with Crippen molar-refractivity contribution in [3.63, 3.8) is 0 Å². The Labute approximate surface area is 208 Å². The van der Waals surface area contributed by atoms with E-state index in [1.807, 2.05) is 7.05 Å². The van der Waals surface area contributed by atoms with Crippen LogP contribution in [0.5, 0.6) is 17.2 Å². The first-order valence-electron chi connectivity index (χ1n) is 12.1. The van der Waals surface area contributed by atoms with Crippen molar-refractivity contribution in [2.75, 3.05) is 12.4 Å². The van der Waals surface area contributed by atoms with Gasteiger partial charge in [-0.1, -0.05) is 42.4 Å². The predicted molar refractivity (Wildman–Crippen MR) is 133 cm³/mol. The summed E-state index contributed by atoms with van der Waals surface area (Å²) in [7, 11) is 1.82. The molecule has 1 aromatic heterocycles. The van der Waals surface area contributed by atoms with Gasteiger partial charge < -0.3 is 20.1 Å². The van der Waals surface area contributed by atoms with Crippen molar-refractivity contribution in [2.45, 2.75) is 63.8 Å². The van der Waals surface area contributed by atoms with Crippen LogP contribution < -0.4 is 10.1 Å². The number of nitrogens with zero attached hydrogens (tertiary/aromatic N) is 4. The van der Waals surface area contributed by atoms with Gasteiger partial charge in [-0.05, 0) is 72.4 Å². The summed E-state index contributed by atoms with van der Waals surface area (Å²) < 4.78 is 6.24. The number of aromatic nitrogens is 4. The molecule has 10 heteroatoms. The van der Waals surface area contributed by atoms with Crippen LogP contribution in [0.3, 0.4) is 0 Å². The number of aromatic hydroxyl groups is 1. The minimum absolute atomic E-state index is 0.0561. The molecule has 0 aliphatic heterocycles. The molecule has 5 rings (SSSR count). The molecule has 0 atom stereocenters. The Bertz CT molecular complexity index is 1210. The van der Waals surface area contributed by atoms with E-state index in [0.717, 1.165) is 61.8 Å². The van der Waals surface area contributed by atoms with Gasteiger partial charge in [-0.2, -0.15) is 0 Å². The molecule has 1 amide bonds. The van der Waals surface area contributed by atoms with Gasteiger partial charge in [0.15, 0.2) is 0 Å². The number of carbonyl (C=O) groups is 1. The molecule has 1 heterocycles. The molecule has 9 nitrogen and oxygen atoms in total. The van der Waals surface area contributed by atoms with Gasteiger partial charge in [0, 0.05) is 24.3 Å². The highest BCUT2D eigenvalue weighted by molar-refractivity contribution is 6.32. The van der Waals surface area contributed by atoms with E-state index in [2.05, 4.69) is 25.9 Å². The molecular weight excluding hydrogens is 468 g/mol. The van der Waals surface area contributed by atoms with E-state index >= 15 is 0 Å². The third kappa shape index (κ3) is 4.91. The fourth-order valence-corrected chi connectivity index (χ4v) is 5.41. The first-order chi connectivity index (χ1) is 17.0. The number of carbonyl (C=O) groups excluding carboxylic acids is 1. The average Bonchev–Trinajstić information content (AvgIpc) is 3.48. The zero-order chi connectivity index (χ0) is 24.4. The van der Waals surface area contributed by atoms with Crippen LogP contribution in [0.1, 0.15) is 66.4 Å². The fraction of sp³-hybridized carbons (Fsp3) is 0.440. The molecule has 35 heavy (non-hydrogen) atoms. The Morgan fingerprint density at radius 1 is 1.14 bits per heavy atom. The van der Waals surface area contributed by atoms with Crippen LogP contribution in [0.2, 0.25) is 5.02 Å². The second-order valence-corrected chi connectivity index (χ2v) is 9.67. The van der Waals surface area contributed by atoms with E-state index in [0.29, 0.717) is 22.5 Å². The summed E-state index contributed by atoms with van der Waals surface area (Å²) in [4.78, 5) is 15.1. The number of halogens is 1. The summed E-state index contributed by atoms with van der Waals surface area (Å²) in [6.45, 7) is 0. The van der Waals surface area contributed by atoms with Crippen LogP contribution in [0, 0.1) is 0 Å². The highest BCUT2D eigenvalue weighted by atomic mass is 35.5. The minimum Gasteiger partial charge on any atom is -0.507 e. The van der Waals surface area contributed by atoms with E-state index < -0.39 is 0 Å². The molecule has 2 aromatic carbocycles. The summed E-state index contributed by atoms with van der Waals surface area (Å²) in [5.74, 6) is 1.21. The number of amides is 1. The van der Waals surface area contributed by atoms with Crippen LogP contribution in [-0.4, -0.2) is 49.6 Å². The second kappa shape index (κ2) is 10.1. The van der Waals surface area contributed by atoms with Gasteiger partial charge in [0.05, 0.1) is 10.6 Å². The SMILES string of the molecule is CN(C(=O)c1cc(Oc2c(Cl)cc(Nc3nnn[nH]3)c3c2CCC3)ccc1O)C1CCCCCC1. The standard InChI is InChI=1S/C25H29ClN6O3/c1-32(15-7-4-2-3-5-8-15)24(34)19-13-16(11-12-22(19)33)35-23-18-10-6-9-17(18)21(14-20(23)26)27-25-28-30-31-29-25/h11-15,33H,2-10H2,1H3,(H2,27,28,29,30,31). The first kappa shape index (κ1) is 23.4. The first-order valence-corrected chi connectivity index (χ1v) is 12.5. The zero-order valence-electron chi connectivity index (χ0n) is 19.7. The Kier molecular flexibility index (Phi) is 6.77. The summed E-state index contributed by atoms with van der Waals surface area (Å²) in [6, 6.07) is 6.75. The molecule has 0 radical (unpaired) electrons. The number of ether oxygens (including phenoxy) is 1. The van der Waals surface area contributed by atoms with Crippen molar-refractivity contribution in [2.24, 2.45) is 0 Å². The number of H-pyrrole nitrogens is 1. The molecule has 184 valence electrons. The summed E-state index contributed by atoms with van der Waals surface area (Å²) in [5, 5.41) is 27.9. The van der Waals surface area contributed by atoms with Gasteiger partial charge in [0.1, 0.15) is 17.2 Å². The number of hydrogen-bond donors (Lipinski definition) is 3. The van der Waals surface area contributed by atoms with E-state index in [9.17, 15) is 9.90 Å². The number of fused-ring (bicyclic) bond motifs is 1. The lowest BCUT2D eigenvalue weighted by molar-refractivity contribution is 0.0714. The lowest BCUT2D eigenvalue weighted by Crippen LogP contribution is -2.36. The topological polar surface area (TPSA) is 116 Å². The molecule has 0 saturated heterocycles. The molecule has 2 aliphatic rings. The van der Waals surface area contributed by atoms with Gasteiger partial charge in [-0.15, -0.1) is 0 Å². The van der Waals surface area contributed by atoms with Gasteiger partial charge in [-0.25, -0.2) is 5.10 Å². The monoisotopic (exact) mass is 496 g/mol. The number of nitrogens with one attached hydrogen (secondary N) is 2. The summed E-state index contributed by atoms with van der Waals surface area (Å²) in [5.41, 5.74) is 3.19. The largest absolute Gasteiger partial charge is 0.507 e. The maximum Gasteiger partial charge on any atom is 0.257 e. The lowest BCUT2D eigenvalue weighted by Gasteiger charge is -2.27. The molecule has 3 aromatic rings. The van der Waals surface area contributed by atoms with Crippen LogP contribution >= 0.6 is 11.6 Å². The van der Waals surface area contributed by atoms with Gasteiger partial charge >= 0.3 is 0 Å². The Balaban J connectivity index is 1.40. The number of aromatic amines is 1. The maximum absolute atomic E-state index is 13.3. The summed E-state index contributed by atoms with van der Waals surface area (Å²) in [6.07, 6.45) is 9.32. The highest BCUT2D eigenvalue weighted by Gasteiger charge is 2.26. The molecule has 0 spiro atoms. The number of tetrazole rings is 1. The molecule has 0 bridgehead atoms. The van der Waals surface area contributed by atoms with Crippen LogP contribution in [0.4, 0.5) is 11.6 Å². The highest BCUT2D eigenvalue weighted by Crippen LogP contribution is 2.44. The van der Waals surface area contributed by atoms with Crippen LogP contribution in [0.25, 0.3) is 0 Å². The zero-order valence-corrected chi connectivity index (χ0v) is 20.4. The van der Waals surface area contributed by atoms with Crippen molar-refractivity contribution in [3.05, 3.63) is 46.0 Å². The molecule has 2 aliphatic carbocycles. The smallest absolute Gasteiger partial charge is 0.257 e. The van der Waals surface area contributed by atoms with E-state index in [1.54, 1.807) is 23.1 Å². The molecule has 3 N–H and O–H groups in total. The normalized spacial score (nSPS) is 15.9. The average molecular weight is 497 g/mol. The maximum atomic E-state index is 13.3. The molecule has 1 fully saturated rings. The van der Waals surface area contributed by atoms with Crippen molar-refractivity contribution < 1.29 is 14.6 Å². The van der Waals surface area contributed by atoms with Crippen LogP contribution in [0.15, 0.2) is 24.3 Å². The van der Waals surface area contributed by atoms with E-state index in [4.69, 9.17) is 16.3 Å². The lowest BCUT2D eigenvalue weighted by atomic mass is 10.1. The fourth-order valence-electron chi connectivity index (χ4n) is 5.15. The number of anilines is 2. The van der Waals surface area contributed by atoms with Gasteiger partial charge in [0.2, 0.25) is 5.95 Å². The van der Waals surface area contributed by atoms with E-state index in [1.165, 1.54) is 18.9 Å². The summed E-state index contributed by atoms with van der Waals surface area (Å²) >= 11 is 6.65. The van der Waals surface area contributed by atoms with E-state index in [-0.39, 0.29) is 23.3 Å². The molecular formula is C25H29ClN6O3. The number of phenolic OH excluding ortho intramolecular Hbond substituents is 1. The van der Waals surface area contributed by atoms with Gasteiger partial charge in [0.25, 0.3) is 5.91 Å². The second-order valence-electron chi connectivity index (χ2n) is 9.26. The Hall–Kier alpha value is -3.33. The number of hydrogen-bond acceptors (Lipinski definition) is 7. The van der Waals surface area contributed by atoms with Crippen molar-refractivity contribution in [1.82, 2.24) is 25.5 Å². The van der Waals surface area contributed by atoms with Crippen LogP contribution in [-0.2, 0) is 12.8 Å². The van der Waals surface area contributed by atoms with Crippen molar-refractivity contribution >= 4 is 29.1 Å². The number of benzene rings is 2. The Morgan fingerprint density at radius 2 is 1.91 bits per heavy atom. The minimum atomic E-state index is -0.198. The van der Waals surface area contributed by atoms with Crippen molar-refractivity contribution in [1.29, 1.82) is 0 Å².